The first-order chi connectivity index (χ1) is 18.7. The molecule has 39 heavy (non-hydrogen) atoms. The summed E-state index contributed by atoms with van der Waals surface area (Å²) in [5, 5.41) is 10.4. The number of aromatic nitrogens is 2. The molecule has 9 nitrogen and oxygen atoms in total. The number of carbonyl (C=O) groups is 2. The first kappa shape index (κ1) is 25.9. The predicted molar refractivity (Wildman–Crippen MR) is 138 cm³/mol. The fourth-order valence-electron chi connectivity index (χ4n) is 4.69. The number of benzene rings is 3. The number of hydrogen-bond donors (Lipinski definition) is 2. The van der Waals surface area contributed by atoms with E-state index in [0.29, 0.717) is 41.8 Å². The molecule has 1 aliphatic heterocycles. The van der Waals surface area contributed by atoms with Gasteiger partial charge in [0.1, 0.15) is 5.75 Å². The van der Waals surface area contributed by atoms with Crippen molar-refractivity contribution in [3.05, 3.63) is 84.1 Å². The Morgan fingerprint density at radius 3 is 2.62 bits per heavy atom. The van der Waals surface area contributed by atoms with Crippen LogP contribution in [0.4, 0.5) is 34.1 Å². The number of nitrogens with one attached hydrogen (secondary N) is 2. The van der Waals surface area contributed by atoms with Gasteiger partial charge in [0.15, 0.2) is 0 Å². The van der Waals surface area contributed by atoms with Crippen molar-refractivity contribution < 1.29 is 32.2 Å². The lowest BCUT2D eigenvalue weighted by atomic mass is 9.97. The molecular weight excluding hydrogens is 515 g/mol. The molecule has 2 N–H and O–H groups in total. The van der Waals surface area contributed by atoms with Crippen molar-refractivity contribution >= 4 is 34.4 Å². The van der Waals surface area contributed by atoms with Crippen LogP contribution in [0, 0.1) is 0 Å². The molecule has 0 bridgehead atoms. The molecule has 5 rings (SSSR count). The fraction of sp³-hybridized carbons (Fsp3) is 0.222. The number of rotatable bonds is 5. The highest BCUT2D eigenvalue weighted by Crippen LogP contribution is 2.34. The van der Waals surface area contributed by atoms with Crippen molar-refractivity contribution in [2.75, 3.05) is 23.9 Å². The zero-order valence-electron chi connectivity index (χ0n) is 20.7. The van der Waals surface area contributed by atoms with Crippen molar-refractivity contribution in [3.8, 4) is 5.75 Å². The van der Waals surface area contributed by atoms with Gasteiger partial charge in [-0.05, 0) is 35.7 Å². The van der Waals surface area contributed by atoms with Crippen LogP contribution in [-0.4, -0.2) is 48.0 Å². The number of hydrogen-bond acceptors (Lipinski definition) is 6. The molecule has 0 saturated carbocycles. The molecule has 0 spiro atoms. The third-order valence-corrected chi connectivity index (χ3v) is 6.30. The van der Waals surface area contributed by atoms with Crippen LogP contribution in [0.3, 0.4) is 0 Å². The lowest BCUT2D eigenvalue weighted by molar-refractivity contribution is -0.274. The predicted octanol–water partition coefficient (Wildman–Crippen LogP) is 5.30. The number of ether oxygens (including phenoxy) is 2. The molecule has 0 radical (unpaired) electrons. The van der Waals surface area contributed by atoms with Crippen molar-refractivity contribution in [2.45, 2.75) is 25.4 Å². The van der Waals surface area contributed by atoms with E-state index in [2.05, 4.69) is 20.5 Å². The largest absolute Gasteiger partial charge is 0.573 e. The number of methoxy groups -OCH3 is 1. The maximum atomic E-state index is 13.0. The Morgan fingerprint density at radius 1 is 1.08 bits per heavy atom. The number of fused-ring (bicyclic) bond motifs is 2. The van der Waals surface area contributed by atoms with E-state index in [1.807, 2.05) is 35.2 Å². The van der Waals surface area contributed by atoms with Crippen molar-refractivity contribution in [1.82, 2.24) is 15.1 Å². The molecule has 2 heterocycles. The topological polar surface area (TPSA) is 97.7 Å². The van der Waals surface area contributed by atoms with E-state index in [0.717, 1.165) is 15.8 Å². The average molecular weight is 540 g/mol. The Bertz CT molecular complexity index is 1510. The lowest BCUT2D eigenvalue weighted by Crippen LogP contribution is -2.49. The van der Waals surface area contributed by atoms with Gasteiger partial charge in [-0.3, -0.25) is 0 Å². The van der Waals surface area contributed by atoms with Crippen LogP contribution in [0.15, 0.2) is 72.9 Å². The standard InChI is InChI=1S/C27H24F3N5O4/c1-38-26(37)35-23-9-5-8-22(21(23)14-31-35)33-25(36)32-19-12-18-10-11-20(39-27(28,29)30)13-24(18)34(16-19)15-17-6-3-2-4-7-17/h2-11,13-14,19H,12,15-16H2,1H3,(H2,32,33,36). The summed E-state index contributed by atoms with van der Waals surface area (Å²) in [5.74, 6) is -0.302. The van der Waals surface area contributed by atoms with E-state index in [9.17, 15) is 22.8 Å². The van der Waals surface area contributed by atoms with Crippen LogP contribution in [0.1, 0.15) is 11.1 Å². The van der Waals surface area contributed by atoms with Crippen molar-refractivity contribution in [2.24, 2.45) is 0 Å². The molecular formula is C27H24F3N5O4. The second-order valence-electron chi connectivity index (χ2n) is 8.97. The Balaban J connectivity index is 1.35. The number of nitrogens with zero attached hydrogens (tertiary/aromatic N) is 3. The third kappa shape index (κ3) is 5.89. The molecule has 1 unspecified atom stereocenters. The Labute approximate surface area is 221 Å². The average Bonchev–Trinajstić information content (AvgIpc) is 3.33. The molecule has 4 aromatic rings. The first-order valence-electron chi connectivity index (χ1n) is 12.0. The summed E-state index contributed by atoms with van der Waals surface area (Å²) >= 11 is 0. The summed E-state index contributed by atoms with van der Waals surface area (Å²) in [7, 11) is 1.25. The quantitative estimate of drug-likeness (QED) is 0.357. The zero-order chi connectivity index (χ0) is 27.6. The normalized spacial score (nSPS) is 15.0. The molecule has 2 amide bonds. The van der Waals surface area contributed by atoms with E-state index in [1.165, 1.54) is 25.4 Å². The summed E-state index contributed by atoms with van der Waals surface area (Å²) in [6.07, 6.45) is -3.59. The maximum absolute atomic E-state index is 13.0. The number of urea groups is 1. The molecule has 202 valence electrons. The molecule has 1 aliphatic rings. The minimum atomic E-state index is -4.80. The highest BCUT2D eigenvalue weighted by Gasteiger charge is 2.32. The minimum Gasteiger partial charge on any atom is -0.451 e. The van der Waals surface area contributed by atoms with Crippen LogP contribution < -0.4 is 20.3 Å². The summed E-state index contributed by atoms with van der Waals surface area (Å²) < 4.78 is 48.5. The van der Waals surface area contributed by atoms with Crippen LogP contribution in [0.25, 0.3) is 10.9 Å². The third-order valence-electron chi connectivity index (χ3n) is 6.30. The molecule has 3 aromatic carbocycles. The summed E-state index contributed by atoms with van der Waals surface area (Å²) in [5.41, 5.74) is 3.27. The summed E-state index contributed by atoms with van der Waals surface area (Å²) in [6, 6.07) is 18.0. The summed E-state index contributed by atoms with van der Waals surface area (Å²) in [6.45, 7) is 0.782. The first-order valence-corrected chi connectivity index (χ1v) is 12.0. The van der Waals surface area contributed by atoms with Crippen LogP contribution in [0.5, 0.6) is 5.75 Å². The second kappa shape index (κ2) is 10.6. The van der Waals surface area contributed by atoms with Gasteiger partial charge in [0.05, 0.1) is 30.6 Å². The molecule has 1 atom stereocenters. The number of alkyl halides is 3. The van der Waals surface area contributed by atoms with Gasteiger partial charge in [-0.2, -0.15) is 9.78 Å². The van der Waals surface area contributed by atoms with Gasteiger partial charge >= 0.3 is 18.5 Å². The molecule has 0 fully saturated rings. The number of carbonyl (C=O) groups excluding carboxylic acids is 2. The van der Waals surface area contributed by atoms with E-state index in [4.69, 9.17) is 4.74 Å². The minimum absolute atomic E-state index is 0.302. The fourth-order valence-corrected chi connectivity index (χ4v) is 4.69. The highest BCUT2D eigenvalue weighted by atomic mass is 19.4. The number of anilines is 2. The monoisotopic (exact) mass is 539 g/mol. The zero-order valence-corrected chi connectivity index (χ0v) is 20.7. The van der Waals surface area contributed by atoms with Gasteiger partial charge in [0, 0.05) is 30.2 Å². The molecule has 0 aliphatic carbocycles. The highest BCUT2D eigenvalue weighted by molar-refractivity contribution is 6.02. The summed E-state index contributed by atoms with van der Waals surface area (Å²) in [4.78, 5) is 26.9. The number of halogens is 3. The van der Waals surface area contributed by atoms with Crippen molar-refractivity contribution in [1.29, 1.82) is 0 Å². The van der Waals surface area contributed by atoms with E-state index >= 15 is 0 Å². The Morgan fingerprint density at radius 2 is 1.87 bits per heavy atom. The SMILES string of the molecule is COC(=O)n1ncc2c(NC(=O)NC3Cc4ccc(OC(F)(F)F)cc4N(Cc4ccccc4)C3)cccc21. The molecule has 0 saturated heterocycles. The van der Waals surface area contributed by atoms with Gasteiger partial charge in [-0.1, -0.05) is 42.5 Å². The van der Waals surface area contributed by atoms with Gasteiger partial charge < -0.3 is 25.0 Å². The van der Waals surface area contributed by atoms with E-state index in [-0.39, 0.29) is 11.8 Å². The smallest absolute Gasteiger partial charge is 0.451 e. The van der Waals surface area contributed by atoms with Crippen LogP contribution in [-0.2, 0) is 17.7 Å². The van der Waals surface area contributed by atoms with E-state index < -0.39 is 18.5 Å². The molecule has 1 aromatic heterocycles. The maximum Gasteiger partial charge on any atom is 0.573 e. The van der Waals surface area contributed by atoms with Crippen molar-refractivity contribution in [3.63, 3.8) is 0 Å². The van der Waals surface area contributed by atoms with Gasteiger partial charge in [-0.15, -0.1) is 13.2 Å². The van der Waals surface area contributed by atoms with Gasteiger partial charge in [0.25, 0.3) is 0 Å². The second-order valence-corrected chi connectivity index (χ2v) is 8.97. The lowest BCUT2D eigenvalue weighted by Gasteiger charge is -2.37. The van der Waals surface area contributed by atoms with Gasteiger partial charge in [0.2, 0.25) is 0 Å². The van der Waals surface area contributed by atoms with E-state index in [1.54, 1.807) is 24.3 Å². The van der Waals surface area contributed by atoms with Crippen LogP contribution in [0.2, 0.25) is 0 Å². The Kier molecular flexibility index (Phi) is 7.01. The molecule has 12 heteroatoms. The van der Waals surface area contributed by atoms with Gasteiger partial charge in [-0.25, -0.2) is 9.59 Å². The van der Waals surface area contributed by atoms with Crippen LogP contribution >= 0.6 is 0 Å². The Hall–Kier alpha value is -4.74. The number of amides is 2.